The van der Waals surface area contributed by atoms with Crippen molar-refractivity contribution in [2.45, 2.75) is 39.2 Å². The molecule has 0 radical (unpaired) electrons. The molecular formula is C19H25N5O2. The zero-order valence-corrected chi connectivity index (χ0v) is 15.4. The average Bonchev–Trinajstić information content (AvgIpc) is 2.63. The number of nitrogens with zero attached hydrogens (tertiary/aromatic N) is 3. The molecule has 1 aromatic carbocycles. The average molecular weight is 355 g/mol. The lowest BCUT2D eigenvalue weighted by molar-refractivity contribution is 0.183. The SMILES string of the molecule is CC[C@H](O)CNc1nc(N)nc(C)c1Cc1ccc(CC#N)cc1OC. The van der Waals surface area contributed by atoms with E-state index in [1.807, 2.05) is 32.0 Å². The molecule has 1 heterocycles. The van der Waals surface area contributed by atoms with Crippen LogP contribution in [0.1, 0.15) is 35.7 Å². The van der Waals surface area contributed by atoms with Gasteiger partial charge in [0.05, 0.1) is 25.7 Å². The monoisotopic (exact) mass is 355 g/mol. The number of ether oxygens (including phenoxy) is 1. The van der Waals surface area contributed by atoms with E-state index >= 15 is 0 Å². The van der Waals surface area contributed by atoms with Crippen molar-refractivity contribution in [3.63, 3.8) is 0 Å². The summed E-state index contributed by atoms with van der Waals surface area (Å²) in [6, 6.07) is 7.88. The molecule has 7 heteroatoms. The van der Waals surface area contributed by atoms with Crippen molar-refractivity contribution in [2.24, 2.45) is 0 Å². The van der Waals surface area contributed by atoms with Crippen LogP contribution in [0, 0.1) is 18.3 Å². The van der Waals surface area contributed by atoms with E-state index in [0.29, 0.717) is 37.4 Å². The first-order valence-corrected chi connectivity index (χ1v) is 8.56. The Balaban J connectivity index is 2.35. The first kappa shape index (κ1) is 19.5. The molecule has 4 N–H and O–H groups in total. The third-order valence-corrected chi connectivity index (χ3v) is 4.21. The molecule has 0 unspecified atom stereocenters. The van der Waals surface area contributed by atoms with Crippen molar-refractivity contribution >= 4 is 11.8 Å². The molecular weight excluding hydrogens is 330 g/mol. The normalized spacial score (nSPS) is 11.7. The third-order valence-electron chi connectivity index (χ3n) is 4.21. The van der Waals surface area contributed by atoms with Gasteiger partial charge >= 0.3 is 0 Å². The number of aliphatic hydroxyl groups excluding tert-OH is 1. The Morgan fingerprint density at radius 3 is 2.81 bits per heavy atom. The summed E-state index contributed by atoms with van der Waals surface area (Å²) in [5.74, 6) is 1.52. The Kier molecular flexibility index (Phi) is 6.75. The summed E-state index contributed by atoms with van der Waals surface area (Å²) in [6.45, 7) is 4.18. The van der Waals surface area contributed by atoms with Crippen LogP contribution in [0.15, 0.2) is 18.2 Å². The molecule has 0 amide bonds. The summed E-state index contributed by atoms with van der Waals surface area (Å²) >= 11 is 0. The fourth-order valence-electron chi connectivity index (χ4n) is 2.66. The van der Waals surface area contributed by atoms with Crippen molar-refractivity contribution in [2.75, 3.05) is 24.7 Å². The number of anilines is 2. The van der Waals surface area contributed by atoms with Gasteiger partial charge in [-0.1, -0.05) is 19.1 Å². The maximum atomic E-state index is 9.82. The molecule has 1 aromatic heterocycles. The van der Waals surface area contributed by atoms with E-state index < -0.39 is 6.10 Å². The molecule has 0 saturated carbocycles. The zero-order chi connectivity index (χ0) is 19.1. The van der Waals surface area contributed by atoms with Crippen LogP contribution in [-0.2, 0) is 12.8 Å². The first-order valence-electron chi connectivity index (χ1n) is 8.56. The largest absolute Gasteiger partial charge is 0.496 e. The summed E-state index contributed by atoms with van der Waals surface area (Å²) in [6.07, 6.45) is 1.07. The zero-order valence-electron chi connectivity index (χ0n) is 15.4. The second kappa shape index (κ2) is 9.02. The number of methoxy groups -OCH3 is 1. The Morgan fingerprint density at radius 1 is 1.38 bits per heavy atom. The second-order valence-corrected chi connectivity index (χ2v) is 6.10. The number of nitriles is 1. The van der Waals surface area contributed by atoms with Gasteiger partial charge < -0.3 is 20.9 Å². The minimum absolute atomic E-state index is 0.191. The first-order chi connectivity index (χ1) is 12.5. The molecule has 0 aliphatic heterocycles. The smallest absolute Gasteiger partial charge is 0.222 e. The lowest BCUT2D eigenvalue weighted by atomic mass is 10.0. The standard InChI is InChI=1S/C19H25N5O2/c1-4-15(25)11-22-18-16(12(2)23-19(21)24-18)10-14-6-5-13(7-8-20)9-17(14)26-3/h5-6,9,15,25H,4,7,10-11H2,1-3H3,(H3,21,22,23,24)/t15-/m0/s1. The summed E-state index contributed by atoms with van der Waals surface area (Å²) < 4.78 is 5.49. The molecule has 0 saturated heterocycles. The molecule has 0 spiro atoms. The maximum Gasteiger partial charge on any atom is 0.222 e. The van der Waals surface area contributed by atoms with E-state index in [0.717, 1.165) is 22.4 Å². The van der Waals surface area contributed by atoms with Crippen LogP contribution in [0.3, 0.4) is 0 Å². The Hall–Kier alpha value is -2.85. The van der Waals surface area contributed by atoms with Crippen LogP contribution < -0.4 is 15.8 Å². The molecule has 7 nitrogen and oxygen atoms in total. The van der Waals surface area contributed by atoms with Crippen LogP contribution in [-0.4, -0.2) is 34.8 Å². The molecule has 138 valence electrons. The van der Waals surface area contributed by atoms with Gasteiger partial charge in [0.2, 0.25) is 5.95 Å². The number of benzene rings is 1. The number of nitrogen functional groups attached to an aromatic ring is 1. The molecule has 2 rings (SSSR count). The Labute approximate surface area is 153 Å². The topological polar surface area (TPSA) is 117 Å². The van der Waals surface area contributed by atoms with E-state index in [2.05, 4.69) is 21.4 Å². The van der Waals surface area contributed by atoms with Crippen molar-refractivity contribution in [1.82, 2.24) is 9.97 Å². The maximum absolute atomic E-state index is 9.82. The van der Waals surface area contributed by atoms with Gasteiger partial charge in [-0.25, -0.2) is 4.98 Å². The lowest BCUT2D eigenvalue weighted by Crippen LogP contribution is -2.20. The van der Waals surface area contributed by atoms with Crippen molar-refractivity contribution < 1.29 is 9.84 Å². The van der Waals surface area contributed by atoms with E-state index in [1.165, 1.54) is 0 Å². The van der Waals surface area contributed by atoms with Gasteiger partial charge in [-0.2, -0.15) is 10.2 Å². The number of nitrogens with two attached hydrogens (primary N) is 1. The van der Waals surface area contributed by atoms with E-state index in [9.17, 15) is 5.11 Å². The number of hydrogen-bond acceptors (Lipinski definition) is 7. The third kappa shape index (κ3) is 4.83. The van der Waals surface area contributed by atoms with Crippen LogP contribution in [0.2, 0.25) is 0 Å². The number of rotatable bonds is 8. The second-order valence-electron chi connectivity index (χ2n) is 6.10. The van der Waals surface area contributed by atoms with Gasteiger partial charge in [0, 0.05) is 24.2 Å². The molecule has 2 aromatic rings. The van der Waals surface area contributed by atoms with Gasteiger partial charge in [-0.15, -0.1) is 0 Å². The van der Waals surface area contributed by atoms with Gasteiger partial charge in [-0.3, -0.25) is 0 Å². The highest BCUT2D eigenvalue weighted by molar-refractivity contribution is 5.53. The number of hydrogen-bond donors (Lipinski definition) is 3. The quantitative estimate of drug-likeness (QED) is 0.664. The van der Waals surface area contributed by atoms with E-state index in [-0.39, 0.29) is 5.95 Å². The molecule has 0 aliphatic carbocycles. The molecule has 1 atom stereocenters. The van der Waals surface area contributed by atoms with Gasteiger partial charge in [-0.05, 0) is 30.5 Å². The molecule has 0 fully saturated rings. The number of aromatic nitrogens is 2. The highest BCUT2D eigenvalue weighted by Crippen LogP contribution is 2.27. The number of nitrogens with one attached hydrogen (secondary N) is 1. The molecule has 0 bridgehead atoms. The summed E-state index contributed by atoms with van der Waals surface area (Å²) in [7, 11) is 1.61. The Bertz CT molecular complexity index is 801. The van der Waals surface area contributed by atoms with Crippen LogP contribution in [0.25, 0.3) is 0 Å². The minimum atomic E-state index is -0.459. The molecule has 26 heavy (non-hydrogen) atoms. The van der Waals surface area contributed by atoms with Gasteiger partial charge in [0.15, 0.2) is 0 Å². The summed E-state index contributed by atoms with van der Waals surface area (Å²) in [5, 5.41) is 21.9. The summed E-state index contributed by atoms with van der Waals surface area (Å²) in [4.78, 5) is 8.56. The fraction of sp³-hybridized carbons (Fsp3) is 0.421. The highest BCUT2D eigenvalue weighted by Gasteiger charge is 2.15. The predicted octanol–water partition coefficient (Wildman–Crippen LogP) is 2.22. The predicted molar refractivity (Wildman–Crippen MR) is 101 cm³/mol. The molecule has 0 aliphatic rings. The van der Waals surface area contributed by atoms with E-state index in [4.69, 9.17) is 15.7 Å². The fourth-order valence-corrected chi connectivity index (χ4v) is 2.66. The van der Waals surface area contributed by atoms with Crippen LogP contribution in [0.5, 0.6) is 5.75 Å². The Morgan fingerprint density at radius 2 is 2.15 bits per heavy atom. The van der Waals surface area contributed by atoms with E-state index in [1.54, 1.807) is 7.11 Å². The highest BCUT2D eigenvalue weighted by atomic mass is 16.5. The number of aliphatic hydroxyl groups is 1. The summed E-state index contributed by atoms with van der Waals surface area (Å²) in [5.41, 5.74) is 9.33. The van der Waals surface area contributed by atoms with Gasteiger partial charge in [0.1, 0.15) is 11.6 Å². The van der Waals surface area contributed by atoms with Crippen molar-refractivity contribution in [1.29, 1.82) is 5.26 Å². The van der Waals surface area contributed by atoms with Gasteiger partial charge in [0.25, 0.3) is 0 Å². The van der Waals surface area contributed by atoms with Crippen LogP contribution in [0.4, 0.5) is 11.8 Å². The number of aryl methyl sites for hydroxylation is 1. The van der Waals surface area contributed by atoms with Crippen molar-refractivity contribution in [3.8, 4) is 11.8 Å². The lowest BCUT2D eigenvalue weighted by Gasteiger charge is -2.17. The van der Waals surface area contributed by atoms with Crippen LogP contribution >= 0.6 is 0 Å². The minimum Gasteiger partial charge on any atom is -0.496 e. The van der Waals surface area contributed by atoms with Crippen molar-refractivity contribution in [3.05, 3.63) is 40.6 Å².